The molecule has 1 aromatic carbocycles. The average Bonchev–Trinajstić information content (AvgIpc) is 2.95. The summed E-state index contributed by atoms with van der Waals surface area (Å²) in [7, 11) is 0. The molecule has 3 atom stereocenters. The number of fused-ring (bicyclic) bond motifs is 1. The number of amides is 1. The number of nitrogens with one attached hydrogen (secondary N) is 1. The Balaban J connectivity index is 1.61. The van der Waals surface area contributed by atoms with E-state index < -0.39 is 0 Å². The van der Waals surface area contributed by atoms with E-state index in [-0.39, 0.29) is 0 Å². The minimum Gasteiger partial charge on any atom is -0.335 e. The molecule has 2 heterocycles. The first-order chi connectivity index (χ1) is 9.65. The van der Waals surface area contributed by atoms with Crippen LogP contribution in [0.1, 0.15) is 30.9 Å². The molecular formula is C17H24N2O. The molecule has 1 amide bonds. The third kappa shape index (κ3) is 2.59. The van der Waals surface area contributed by atoms with Gasteiger partial charge in [0.1, 0.15) is 0 Å². The Kier molecular flexibility index (Phi) is 3.79. The number of carbonyl (C=O) groups excluding carboxylic acids is 1. The Morgan fingerprint density at radius 1 is 1.40 bits per heavy atom. The predicted molar refractivity (Wildman–Crippen MR) is 80.6 cm³/mol. The SMILES string of the molecule is Cc1cccc(CCC(=O)N2C(C)CC3CNCC32)c1. The molecule has 2 aliphatic heterocycles. The van der Waals surface area contributed by atoms with Gasteiger partial charge in [-0.3, -0.25) is 4.79 Å². The second-order valence-corrected chi connectivity index (χ2v) is 6.36. The smallest absolute Gasteiger partial charge is 0.223 e. The van der Waals surface area contributed by atoms with Gasteiger partial charge < -0.3 is 10.2 Å². The summed E-state index contributed by atoms with van der Waals surface area (Å²) >= 11 is 0. The van der Waals surface area contributed by atoms with E-state index in [4.69, 9.17) is 0 Å². The highest BCUT2D eigenvalue weighted by Crippen LogP contribution is 2.32. The molecule has 3 unspecified atom stereocenters. The molecule has 2 saturated heterocycles. The van der Waals surface area contributed by atoms with Gasteiger partial charge in [0.15, 0.2) is 0 Å². The van der Waals surface area contributed by atoms with E-state index in [0.29, 0.717) is 30.3 Å². The van der Waals surface area contributed by atoms with Gasteiger partial charge in [0.2, 0.25) is 5.91 Å². The molecule has 0 radical (unpaired) electrons. The number of benzene rings is 1. The lowest BCUT2D eigenvalue weighted by atomic mass is 10.0. The molecule has 0 aromatic heterocycles. The van der Waals surface area contributed by atoms with E-state index >= 15 is 0 Å². The van der Waals surface area contributed by atoms with Gasteiger partial charge in [-0.15, -0.1) is 0 Å². The first kappa shape index (κ1) is 13.6. The molecule has 0 aliphatic carbocycles. The quantitative estimate of drug-likeness (QED) is 0.914. The van der Waals surface area contributed by atoms with Gasteiger partial charge in [-0.1, -0.05) is 29.8 Å². The van der Waals surface area contributed by atoms with Gasteiger partial charge in [-0.2, -0.15) is 0 Å². The zero-order valence-electron chi connectivity index (χ0n) is 12.4. The van der Waals surface area contributed by atoms with Crippen LogP contribution in [-0.2, 0) is 11.2 Å². The minimum absolute atomic E-state index is 0.329. The third-order valence-electron chi connectivity index (χ3n) is 4.78. The summed E-state index contributed by atoms with van der Waals surface area (Å²) in [6, 6.07) is 9.33. The standard InChI is InChI=1S/C17H24N2O/c1-12-4-3-5-14(8-12)6-7-17(20)19-13(2)9-15-10-18-11-16(15)19/h3-5,8,13,15-16,18H,6-7,9-11H2,1-2H3. The Labute approximate surface area is 121 Å². The second kappa shape index (κ2) is 5.57. The monoisotopic (exact) mass is 272 g/mol. The van der Waals surface area contributed by atoms with Gasteiger partial charge in [-0.05, 0) is 38.2 Å². The minimum atomic E-state index is 0.329. The van der Waals surface area contributed by atoms with E-state index in [1.165, 1.54) is 11.1 Å². The number of hydrogen-bond acceptors (Lipinski definition) is 2. The first-order valence-corrected chi connectivity index (χ1v) is 7.72. The molecular weight excluding hydrogens is 248 g/mol. The molecule has 2 fully saturated rings. The Morgan fingerprint density at radius 3 is 3.05 bits per heavy atom. The Bertz CT molecular complexity index is 500. The van der Waals surface area contributed by atoms with Crippen LogP contribution in [-0.4, -0.2) is 36.0 Å². The van der Waals surface area contributed by atoms with Gasteiger partial charge in [0.25, 0.3) is 0 Å². The summed E-state index contributed by atoms with van der Waals surface area (Å²) in [5.74, 6) is 1.00. The van der Waals surface area contributed by atoms with E-state index in [0.717, 1.165) is 25.9 Å². The fourth-order valence-corrected chi connectivity index (χ4v) is 3.84. The van der Waals surface area contributed by atoms with Crippen molar-refractivity contribution in [1.29, 1.82) is 0 Å². The number of rotatable bonds is 3. The van der Waals surface area contributed by atoms with Crippen LogP contribution in [0.4, 0.5) is 0 Å². The van der Waals surface area contributed by atoms with Crippen molar-refractivity contribution in [2.75, 3.05) is 13.1 Å². The maximum Gasteiger partial charge on any atom is 0.223 e. The van der Waals surface area contributed by atoms with E-state index in [2.05, 4.69) is 48.3 Å². The number of aryl methyl sites for hydroxylation is 2. The normalized spacial score (nSPS) is 28.7. The molecule has 0 saturated carbocycles. The Hall–Kier alpha value is -1.35. The molecule has 0 bridgehead atoms. The number of likely N-dealkylation sites (tertiary alicyclic amines) is 1. The summed E-state index contributed by atoms with van der Waals surface area (Å²) in [6.07, 6.45) is 2.65. The van der Waals surface area contributed by atoms with Crippen molar-refractivity contribution < 1.29 is 4.79 Å². The van der Waals surface area contributed by atoms with Gasteiger partial charge in [0, 0.05) is 31.6 Å². The van der Waals surface area contributed by atoms with Crippen LogP contribution in [0.15, 0.2) is 24.3 Å². The van der Waals surface area contributed by atoms with E-state index in [1.807, 2.05) is 0 Å². The van der Waals surface area contributed by atoms with Crippen molar-refractivity contribution in [3.8, 4) is 0 Å². The third-order valence-corrected chi connectivity index (χ3v) is 4.78. The Morgan fingerprint density at radius 2 is 2.25 bits per heavy atom. The fourth-order valence-electron chi connectivity index (χ4n) is 3.84. The lowest BCUT2D eigenvalue weighted by Gasteiger charge is -2.27. The lowest BCUT2D eigenvalue weighted by Crippen LogP contribution is -2.42. The highest BCUT2D eigenvalue weighted by Gasteiger charge is 2.43. The first-order valence-electron chi connectivity index (χ1n) is 7.72. The largest absolute Gasteiger partial charge is 0.335 e. The highest BCUT2D eigenvalue weighted by atomic mass is 16.2. The second-order valence-electron chi connectivity index (χ2n) is 6.36. The number of carbonyl (C=O) groups is 1. The van der Waals surface area contributed by atoms with Crippen LogP contribution in [0.5, 0.6) is 0 Å². The maximum absolute atomic E-state index is 12.6. The zero-order valence-corrected chi connectivity index (χ0v) is 12.4. The van der Waals surface area contributed by atoms with Crippen molar-refractivity contribution in [1.82, 2.24) is 10.2 Å². The molecule has 2 aliphatic rings. The number of nitrogens with zero attached hydrogens (tertiary/aromatic N) is 1. The maximum atomic E-state index is 12.6. The van der Waals surface area contributed by atoms with Gasteiger partial charge in [-0.25, -0.2) is 0 Å². The van der Waals surface area contributed by atoms with E-state index in [9.17, 15) is 4.79 Å². The summed E-state index contributed by atoms with van der Waals surface area (Å²) in [6.45, 7) is 6.35. The van der Waals surface area contributed by atoms with Crippen LogP contribution >= 0.6 is 0 Å². The topological polar surface area (TPSA) is 32.3 Å². The van der Waals surface area contributed by atoms with Crippen LogP contribution < -0.4 is 5.32 Å². The molecule has 108 valence electrons. The molecule has 3 rings (SSSR count). The number of hydrogen-bond donors (Lipinski definition) is 1. The zero-order chi connectivity index (χ0) is 14.1. The van der Waals surface area contributed by atoms with E-state index in [1.54, 1.807) is 0 Å². The van der Waals surface area contributed by atoms with Crippen LogP contribution in [0.3, 0.4) is 0 Å². The lowest BCUT2D eigenvalue weighted by molar-refractivity contribution is -0.133. The van der Waals surface area contributed by atoms with Crippen LogP contribution in [0.25, 0.3) is 0 Å². The highest BCUT2D eigenvalue weighted by molar-refractivity contribution is 5.77. The molecule has 1 aromatic rings. The van der Waals surface area contributed by atoms with Crippen LogP contribution in [0.2, 0.25) is 0 Å². The molecule has 3 heteroatoms. The molecule has 0 spiro atoms. The molecule has 20 heavy (non-hydrogen) atoms. The van der Waals surface area contributed by atoms with Crippen molar-refractivity contribution in [2.45, 2.75) is 45.2 Å². The van der Waals surface area contributed by atoms with Crippen molar-refractivity contribution in [3.05, 3.63) is 35.4 Å². The van der Waals surface area contributed by atoms with Crippen molar-refractivity contribution >= 4 is 5.91 Å². The van der Waals surface area contributed by atoms with Gasteiger partial charge >= 0.3 is 0 Å². The summed E-state index contributed by atoms with van der Waals surface area (Å²) in [5, 5.41) is 3.42. The van der Waals surface area contributed by atoms with Gasteiger partial charge in [0.05, 0.1) is 0 Å². The average molecular weight is 272 g/mol. The molecule has 3 nitrogen and oxygen atoms in total. The fraction of sp³-hybridized carbons (Fsp3) is 0.588. The van der Waals surface area contributed by atoms with Crippen molar-refractivity contribution in [3.63, 3.8) is 0 Å². The summed E-state index contributed by atoms with van der Waals surface area (Å²) in [4.78, 5) is 14.7. The van der Waals surface area contributed by atoms with Crippen molar-refractivity contribution in [2.24, 2.45) is 5.92 Å². The summed E-state index contributed by atoms with van der Waals surface area (Å²) < 4.78 is 0. The molecule has 1 N–H and O–H groups in total. The summed E-state index contributed by atoms with van der Waals surface area (Å²) in [5.41, 5.74) is 2.54. The predicted octanol–water partition coefficient (Wildman–Crippen LogP) is 2.14. The van der Waals surface area contributed by atoms with Crippen LogP contribution in [0, 0.1) is 12.8 Å².